The first-order chi connectivity index (χ1) is 7.24. The molecule has 2 rings (SSSR count). The lowest BCUT2D eigenvalue weighted by molar-refractivity contribution is 0.105. The van der Waals surface area contributed by atoms with Crippen LogP contribution in [-0.4, -0.2) is 33.9 Å². The number of likely N-dealkylation sites (N-methyl/N-ethyl adjacent to an activating group) is 1. The van der Waals surface area contributed by atoms with Gasteiger partial charge in [0.15, 0.2) is 0 Å². The van der Waals surface area contributed by atoms with E-state index in [0.717, 1.165) is 18.7 Å². The smallest absolute Gasteiger partial charge is 0.119 e. The lowest BCUT2D eigenvalue weighted by atomic mass is 10.00. The Morgan fingerprint density at radius 3 is 2.80 bits per heavy atom. The zero-order chi connectivity index (χ0) is 10.8. The highest BCUT2D eigenvalue weighted by Crippen LogP contribution is 2.30. The SMILES string of the molecule is COc1ccc2c(c1)CC(OC)CN2C. The van der Waals surface area contributed by atoms with Gasteiger partial charge < -0.3 is 14.4 Å². The van der Waals surface area contributed by atoms with Crippen molar-refractivity contribution >= 4 is 5.69 Å². The van der Waals surface area contributed by atoms with E-state index in [2.05, 4.69) is 24.1 Å². The van der Waals surface area contributed by atoms with Crippen molar-refractivity contribution in [1.82, 2.24) is 0 Å². The number of nitrogens with zero attached hydrogens (tertiary/aromatic N) is 1. The van der Waals surface area contributed by atoms with Crippen LogP contribution in [0.25, 0.3) is 0 Å². The Balaban J connectivity index is 2.33. The van der Waals surface area contributed by atoms with E-state index in [1.165, 1.54) is 11.3 Å². The predicted molar refractivity (Wildman–Crippen MR) is 60.8 cm³/mol. The molecule has 15 heavy (non-hydrogen) atoms. The molecular weight excluding hydrogens is 190 g/mol. The average molecular weight is 207 g/mol. The van der Waals surface area contributed by atoms with Gasteiger partial charge in [-0.05, 0) is 23.8 Å². The Hall–Kier alpha value is -1.22. The minimum Gasteiger partial charge on any atom is -0.497 e. The molecule has 3 heteroatoms. The average Bonchev–Trinajstić information content (AvgIpc) is 2.28. The predicted octanol–water partition coefficient (Wildman–Crippen LogP) is 1.70. The fraction of sp³-hybridized carbons (Fsp3) is 0.500. The fourth-order valence-electron chi connectivity index (χ4n) is 2.10. The van der Waals surface area contributed by atoms with E-state index >= 15 is 0 Å². The minimum atomic E-state index is 0.287. The van der Waals surface area contributed by atoms with E-state index < -0.39 is 0 Å². The highest BCUT2D eigenvalue weighted by Gasteiger charge is 2.21. The third-order valence-electron chi connectivity index (χ3n) is 2.96. The van der Waals surface area contributed by atoms with E-state index in [-0.39, 0.29) is 6.10 Å². The van der Waals surface area contributed by atoms with E-state index in [0.29, 0.717) is 0 Å². The molecule has 1 aliphatic rings. The summed E-state index contributed by atoms with van der Waals surface area (Å²) in [5.41, 5.74) is 2.58. The van der Waals surface area contributed by atoms with Crippen LogP contribution >= 0.6 is 0 Å². The number of fused-ring (bicyclic) bond motifs is 1. The first-order valence-corrected chi connectivity index (χ1v) is 5.15. The van der Waals surface area contributed by atoms with Gasteiger partial charge in [0.05, 0.1) is 13.2 Å². The van der Waals surface area contributed by atoms with Crippen molar-refractivity contribution in [3.05, 3.63) is 23.8 Å². The molecule has 0 aliphatic carbocycles. The first-order valence-electron chi connectivity index (χ1n) is 5.15. The summed E-state index contributed by atoms with van der Waals surface area (Å²) in [4.78, 5) is 2.23. The van der Waals surface area contributed by atoms with Gasteiger partial charge in [0.1, 0.15) is 5.75 Å². The molecular formula is C12H17NO2. The van der Waals surface area contributed by atoms with Crippen molar-refractivity contribution in [2.45, 2.75) is 12.5 Å². The Bertz CT molecular complexity index is 351. The van der Waals surface area contributed by atoms with Gasteiger partial charge in [-0.25, -0.2) is 0 Å². The summed E-state index contributed by atoms with van der Waals surface area (Å²) < 4.78 is 10.6. The molecule has 0 spiro atoms. The van der Waals surface area contributed by atoms with Crippen LogP contribution in [0.5, 0.6) is 5.75 Å². The molecule has 0 fully saturated rings. The molecule has 1 heterocycles. The maximum absolute atomic E-state index is 5.41. The minimum absolute atomic E-state index is 0.287. The largest absolute Gasteiger partial charge is 0.497 e. The van der Waals surface area contributed by atoms with Gasteiger partial charge in [0, 0.05) is 32.8 Å². The van der Waals surface area contributed by atoms with Gasteiger partial charge in [-0.15, -0.1) is 0 Å². The Morgan fingerprint density at radius 1 is 1.33 bits per heavy atom. The molecule has 1 aliphatic heterocycles. The zero-order valence-electron chi connectivity index (χ0n) is 9.49. The molecule has 0 saturated heterocycles. The lowest BCUT2D eigenvalue weighted by Gasteiger charge is -2.32. The fourth-order valence-corrected chi connectivity index (χ4v) is 2.10. The molecule has 0 radical (unpaired) electrons. The number of anilines is 1. The zero-order valence-corrected chi connectivity index (χ0v) is 9.49. The second-order valence-corrected chi connectivity index (χ2v) is 3.94. The second-order valence-electron chi connectivity index (χ2n) is 3.94. The summed E-state index contributed by atoms with van der Waals surface area (Å²) in [7, 11) is 5.56. The van der Waals surface area contributed by atoms with Crippen LogP contribution in [-0.2, 0) is 11.2 Å². The van der Waals surface area contributed by atoms with Gasteiger partial charge in [0.25, 0.3) is 0 Å². The van der Waals surface area contributed by atoms with Gasteiger partial charge >= 0.3 is 0 Å². The summed E-state index contributed by atoms with van der Waals surface area (Å²) in [6.07, 6.45) is 1.25. The third kappa shape index (κ3) is 1.92. The monoisotopic (exact) mass is 207 g/mol. The van der Waals surface area contributed by atoms with E-state index in [9.17, 15) is 0 Å². The Kier molecular flexibility index (Phi) is 2.82. The van der Waals surface area contributed by atoms with Crippen molar-refractivity contribution < 1.29 is 9.47 Å². The highest BCUT2D eigenvalue weighted by molar-refractivity contribution is 5.58. The van der Waals surface area contributed by atoms with E-state index in [1.807, 2.05) is 6.07 Å². The van der Waals surface area contributed by atoms with Crippen LogP contribution < -0.4 is 9.64 Å². The van der Waals surface area contributed by atoms with Crippen molar-refractivity contribution in [2.75, 3.05) is 32.7 Å². The molecule has 0 saturated carbocycles. The maximum atomic E-state index is 5.41. The Morgan fingerprint density at radius 2 is 2.13 bits per heavy atom. The van der Waals surface area contributed by atoms with Crippen LogP contribution in [0.4, 0.5) is 5.69 Å². The highest BCUT2D eigenvalue weighted by atomic mass is 16.5. The third-order valence-corrected chi connectivity index (χ3v) is 2.96. The summed E-state index contributed by atoms with van der Waals surface area (Å²) in [5.74, 6) is 0.916. The van der Waals surface area contributed by atoms with Crippen LogP contribution in [0.15, 0.2) is 18.2 Å². The normalized spacial score (nSPS) is 19.9. The maximum Gasteiger partial charge on any atom is 0.119 e. The molecule has 1 aromatic carbocycles. The molecule has 0 bridgehead atoms. The van der Waals surface area contributed by atoms with Crippen LogP contribution in [0.3, 0.4) is 0 Å². The number of ether oxygens (including phenoxy) is 2. The summed E-state index contributed by atoms with van der Waals surface area (Å²) in [6, 6.07) is 6.21. The summed E-state index contributed by atoms with van der Waals surface area (Å²) >= 11 is 0. The molecule has 1 unspecified atom stereocenters. The Labute approximate surface area is 90.6 Å². The summed E-state index contributed by atoms with van der Waals surface area (Å²) in [6.45, 7) is 0.954. The quantitative estimate of drug-likeness (QED) is 0.736. The molecule has 1 atom stereocenters. The molecule has 0 aromatic heterocycles. The topological polar surface area (TPSA) is 21.7 Å². The molecule has 3 nitrogen and oxygen atoms in total. The van der Waals surface area contributed by atoms with E-state index in [1.54, 1.807) is 14.2 Å². The van der Waals surface area contributed by atoms with Gasteiger partial charge in [0.2, 0.25) is 0 Å². The molecule has 82 valence electrons. The standard InChI is InChI=1S/C12H17NO2/c1-13-8-11(15-3)7-9-6-10(14-2)4-5-12(9)13/h4-6,11H,7-8H2,1-3H3. The van der Waals surface area contributed by atoms with Gasteiger partial charge in [-0.1, -0.05) is 0 Å². The van der Waals surface area contributed by atoms with Gasteiger partial charge in [-0.3, -0.25) is 0 Å². The van der Waals surface area contributed by atoms with Crippen molar-refractivity contribution in [3.8, 4) is 5.75 Å². The number of hydrogen-bond acceptors (Lipinski definition) is 3. The van der Waals surface area contributed by atoms with Crippen LogP contribution in [0.2, 0.25) is 0 Å². The van der Waals surface area contributed by atoms with E-state index in [4.69, 9.17) is 9.47 Å². The van der Waals surface area contributed by atoms with Crippen molar-refractivity contribution in [2.24, 2.45) is 0 Å². The molecule has 0 amide bonds. The van der Waals surface area contributed by atoms with Crippen molar-refractivity contribution in [1.29, 1.82) is 0 Å². The van der Waals surface area contributed by atoms with Crippen molar-refractivity contribution in [3.63, 3.8) is 0 Å². The number of methoxy groups -OCH3 is 2. The number of benzene rings is 1. The summed E-state index contributed by atoms with van der Waals surface area (Å²) in [5, 5.41) is 0. The second kappa shape index (κ2) is 4.11. The first kappa shape index (κ1) is 10.3. The number of hydrogen-bond donors (Lipinski definition) is 0. The number of rotatable bonds is 2. The van der Waals surface area contributed by atoms with Crippen LogP contribution in [0, 0.1) is 0 Å². The lowest BCUT2D eigenvalue weighted by Crippen LogP contribution is -2.36. The van der Waals surface area contributed by atoms with Gasteiger partial charge in [-0.2, -0.15) is 0 Å². The van der Waals surface area contributed by atoms with Crippen LogP contribution in [0.1, 0.15) is 5.56 Å². The molecule has 0 N–H and O–H groups in total. The molecule has 1 aromatic rings.